The summed E-state index contributed by atoms with van der Waals surface area (Å²) in [6.45, 7) is 2.90. The zero-order valence-electron chi connectivity index (χ0n) is 19.0. The highest BCUT2D eigenvalue weighted by Crippen LogP contribution is 2.26. The van der Waals surface area contributed by atoms with Crippen LogP contribution >= 0.6 is 0 Å². The minimum atomic E-state index is -0.225. The van der Waals surface area contributed by atoms with Gasteiger partial charge in [-0.05, 0) is 48.9 Å². The highest BCUT2D eigenvalue weighted by molar-refractivity contribution is 5.94. The van der Waals surface area contributed by atoms with Crippen LogP contribution in [-0.4, -0.2) is 30.4 Å². The number of nitrogens with zero attached hydrogens (tertiary/aromatic N) is 4. The number of benzene rings is 1. The summed E-state index contributed by atoms with van der Waals surface area (Å²) in [5.74, 6) is 0.571. The van der Waals surface area contributed by atoms with Crippen LogP contribution in [0.15, 0.2) is 78.1 Å². The largest absolute Gasteiger partial charge is 0.384 e. The summed E-state index contributed by atoms with van der Waals surface area (Å²) in [5, 5.41) is 3.36. The van der Waals surface area contributed by atoms with Crippen molar-refractivity contribution >= 4 is 22.8 Å². The first kappa shape index (κ1) is 22.0. The number of nitrogens with two attached hydrogens (primary N) is 1. The van der Waals surface area contributed by atoms with Gasteiger partial charge < -0.3 is 20.6 Å². The van der Waals surface area contributed by atoms with Gasteiger partial charge in [-0.3, -0.25) is 14.6 Å². The molecule has 0 unspecified atom stereocenters. The molecule has 0 aliphatic heterocycles. The standard InChI is InChI=1S/C26H23N7O2/c1-2-33-23(27)21(24-29-13-14-30-24)22(34)19-7-8-20(32-25(19)33)17-3-5-18(6-4-17)26(35)31-15-16-9-11-28-12-10-16/h3-14H,2,15,27H2,1H3,(H,29,30)(H,31,35). The van der Waals surface area contributed by atoms with Gasteiger partial charge >= 0.3 is 0 Å². The second-order valence-corrected chi connectivity index (χ2v) is 7.95. The summed E-state index contributed by atoms with van der Waals surface area (Å²) in [5.41, 5.74) is 10.0. The van der Waals surface area contributed by atoms with Crippen LogP contribution in [-0.2, 0) is 13.1 Å². The molecule has 35 heavy (non-hydrogen) atoms. The molecule has 1 aromatic carbocycles. The number of imidazole rings is 1. The number of aromatic amines is 1. The molecule has 0 saturated carbocycles. The van der Waals surface area contributed by atoms with Crippen LogP contribution in [0, 0.1) is 0 Å². The number of anilines is 1. The van der Waals surface area contributed by atoms with E-state index in [4.69, 9.17) is 10.7 Å². The van der Waals surface area contributed by atoms with Crippen molar-refractivity contribution in [3.8, 4) is 22.6 Å². The Morgan fingerprint density at radius 3 is 2.51 bits per heavy atom. The number of carbonyl (C=O) groups is 1. The molecule has 0 fully saturated rings. The van der Waals surface area contributed by atoms with Crippen LogP contribution in [0.2, 0.25) is 0 Å². The lowest BCUT2D eigenvalue weighted by Crippen LogP contribution is -2.22. The van der Waals surface area contributed by atoms with Gasteiger partial charge in [-0.25, -0.2) is 9.97 Å². The number of nitrogens with one attached hydrogen (secondary N) is 2. The summed E-state index contributed by atoms with van der Waals surface area (Å²) in [6.07, 6.45) is 6.62. The van der Waals surface area contributed by atoms with Crippen LogP contribution in [0.4, 0.5) is 5.82 Å². The second kappa shape index (κ2) is 9.22. The molecule has 0 radical (unpaired) electrons. The number of nitrogen functional groups attached to an aromatic ring is 1. The first-order valence-corrected chi connectivity index (χ1v) is 11.2. The molecule has 5 aromatic rings. The minimum absolute atomic E-state index is 0.169. The molecule has 0 aliphatic carbocycles. The number of amides is 1. The highest BCUT2D eigenvalue weighted by Gasteiger charge is 2.19. The fourth-order valence-corrected chi connectivity index (χ4v) is 4.02. The minimum Gasteiger partial charge on any atom is -0.384 e. The number of hydrogen-bond acceptors (Lipinski definition) is 6. The SMILES string of the molecule is CCn1c(N)c(-c2ncc[nH]2)c(=O)c2ccc(-c3ccc(C(=O)NCc4ccncc4)cc3)nc21. The van der Waals surface area contributed by atoms with E-state index in [1.807, 2.05) is 31.2 Å². The van der Waals surface area contributed by atoms with Crippen LogP contribution in [0.1, 0.15) is 22.8 Å². The molecule has 174 valence electrons. The average Bonchev–Trinajstić information content (AvgIpc) is 3.42. The molecule has 4 heterocycles. The number of aryl methyl sites for hydroxylation is 1. The van der Waals surface area contributed by atoms with Gasteiger partial charge in [0.15, 0.2) is 0 Å². The number of aromatic nitrogens is 5. The smallest absolute Gasteiger partial charge is 0.251 e. The van der Waals surface area contributed by atoms with E-state index < -0.39 is 0 Å². The zero-order valence-corrected chi connectivity index (χ0v) is 19.0. The van der Waals surface area contributed by atoms with Gasteiger partial charge in [0, 0.05) is 49.0 Å². The lowest BCUT2D eigenvalue weighted by atomic mass is 10.1. The number of fused-ring (bicyclic) bond motifs is 1. The van der Waals surface area contributed by atoms with Crippen LogP contribution < -0.4 is 16.5 Å². The van der Waals surface area contributed by atoms with Crippen molar-refractivity contribution in [2.75, 3.05) is 5.73 Å². The Morgan fingerprint density at radius 2 is 1.83 bits per heavy atom. The van der Waals surface area contributed by atoms with E-state index in [2.05, 4.69) is 20.3 Å². The van der Waals surface area contributed by atoms with Crippen molar-refractivity contribution in [3.05, 3.63) is 94.7 Å². The summed E-state index contributed by atoms with van der Waals surface area (Å²) in [6, 6.07) is 14.4. The predicted octanol–water partition coefficient (Wildman–Crippen LogP) is 3.38. The molecule has 0 saturated heterocycles. The molecule has 4 aromatic heterocycles. The monoisotopic (exact) mass is 465 g/mol. The van der Waals surface area contributed by atoms with Crippen LogP contribution in [0.25, 0.3) is 33.7 Å². The van der Waals surface area contributed by atoms with E-state index in [-0.39, 0.29) is 11.3 Å². The fraction of sp³-hybridized carbons (Fsp3) is 0.115. The summed E-state index contributed by atoms with van der Waals surface area (Å²) in [7, 11) is 0. The third-order valence-electron chi connectivity index (χ3n) is 5.85. The third-order valence-corrected chi connectivity index (χ3v) is 5.85. The van der Waals surface area contributed by atoms with E-state index in [9.17, 15) is 9.59 Å². The van der Waals surface area contributed by atoms with Gasteiger partial charge in [0.1, 0.15) is 22.9 Å². The van der Waals surface area contributed by atoms with Crippen molar-refractivity contribution in [2.45, 2.75) is 20.0 Å². The fourth-order valence-electron chi connectivity index (χ4n) is 4.02. The summed E-state index contributed by atoms with van der Waals surface area (Å²) >= 11 is 0. The molecule has 0 aliphatic rings. The first-order valence-electron chi connectivity index (χ1n) is 11.2. The van der Waals surface area contributed by atoms with E-state index in [1.165, 1.54) is 0 Å². The number of hydrogen-bond donors (Lipinski definition) is 3. The Labute approximate surface area is 200 Å². The van der Waals surface area contributed by atoms with Gasteiger partial charge in [0.05, 0.1) is 11.1 Å². The Bertz CT molecular complexity index is 1560. The normalized spacial score (nSPS) is 11.0. The summed E-state index contributed by atoms with van der Waals surface area (Å²) < 4.78 is 1.80. The van der Waals surface area contributed by atoms with Crippen LogP contribution in [0.3, 0.4) is 0 Å². The molecule has 0 bridgehead atoms. The molecule has 0 spiro atoms. The van der Waals surface area contributed by atoms with Crippen molar-refractivity contribution in [1.82, 2.24) is 29.8 Å². The molecule has 9 nitrogen and oxygen atoms in total. The van der Waals surface area contributed by atoms with Crippen LogP contribution in [0.5, 0.6) is 0 Å². The van der Waals surface area contributed by atoms with Crippen molar-refractivity contribution in [3.63, 3.8) is 0 Å². The second-order valence-electron chi connectivity index (χ2n) is 7.95. The van der Waals surface area contributed by atoms with Gasteiger partial charge in [-0.2, -0.15) is 0 Å². The summed E-state index contributed by atoms with van der Waals surface area (Å²) in [4.78, 5) is 41.6. The Balaban J connectivity index is 1.46. The molecule has 0 atom stereocenters. The zero-order chi connectivity index (χ0) is 24.4. The van der Waals surface area contributed by atoms with E-state index in [1.54, 1.807) is 53.6 Å². The maximum atomic E-state index is 13.2. The Kier molecular flexibility index (Phi) is 5.80. The molecule has 9 heteroatoms. The Morgan fingerprint density at radius 1 is 1.06 bits per heavy atom. The molecule has 4 N–H and O–H groups in total. The van der Waals surface area contributed by atoms with Gasteiger partial charge in [-0.1, -0.05) is 12.1 Å². The number of pyridine rings is 3. The first-order chi connectivity index (χ1) is 17.1. The van der Waals surface area contributed by atoms with E-state index >= 15 is 0 Å². The topological polar surface area (TPSA) is 132 Å². The van der Waals surface area contributed by atoms with Gasteiger partial charge in [-0.15, -0.1) is 0 Å². The quantitative estimate of drug-likeness (QED) is 0.352. The average molecular weight is 466 g/mol. The number of H-pyrrole nitrogens is 1. The Hall–Kier alpha value is -4.79. The molecule has 5 rings (SSSR count). The predicted molar refractivity (Wildman–Crippen MR) is 135 cm³/mol. The molecule has 1 amide bonds. The molecular weight excluding hydrogens is 442 g/mol. The maximum absolute atomic E-state index is 13.2. The van der Waals surface area contributed by atoms with Crippen molar-refractivity contribution < 1.29 is 4.79 Å². The van der Waals surface area contributed by atoms with Crippen molar-refractivity contribution in [1.29, 1.82) is 0 Å². The lowest BCUT2D eigenvalue weighted by molar-refractivity contribution is 0.0951. The number of rotatable bonds is 6. The number of carbonyl (C=O) groups excluding carboxylic acids is 1. The highest BCUT2D eigenvalue weighted by atomic mass is 16.1. The van der Waals surface area contributed by atoms with Crippen molar-refractivity contribution in [2.24, 2.45) is 0 Å². The van der Waals surface area contributed by atoms with Gasteiger partial charge in [0.25, 0.3) is 5.91 Å². The van der Waals surface area contributed by atoms with E-state index in [0.29, 0.717) is 52.6 Å². The van der Waals surface area contributed by atoms with E-state index in [0.717, 1.165) is 11.1 Å². The third kappa shape index (κ3) is 4.15. The van der Waals surface area contributed by atoms with Gasteiger partial charge in [0.2, 0.25) is 5.43 Å². The lowest BCUT2D eigenvalue weighted by Gasteiger charge is -2.15. The molecular formula is C26H23N7O2. The maximum Gasteiger partial charge on any atom is 0.251 e.